The summed E-state index contributed by atoms with van der Waals surface area (Å²) in [5.74, 6) is 0. The molecule has 69 heavy (non-hydrogen) atoms. The van der Waals surface area contributed by atoms with Crippen LogP contribution in [0, 0.1) is 22.7 Å². The van der Waals surface area contributed by atoms with Gasteiger partial charge in [-0.05, 0) is 48.5 Å². The van der Waals surface area contributed by atoms with E-state index in [1.807, 2.05) is 0 Å². The van der Waals surface area contributed by atoms with E-state index in [0.717, 1.165) is 97.3 Å². The van der Waals surface area contributed by atoms with Crippen LogP contribution in [0.2, 0.25) is 0 Å². The minimum Gasteiger partial charge on any atom is -0.306 e. The van der Waals surface area contributed by atoms with Gasteiger partial charge < -0.3 is 18.3 Å². The summed E-state index contributed by atoms with van der Waals surface area (Å²) in [5, 5.41) is 35.9. The van der Waals surface area contributed by atoms with Crippen LogP contribution in [-0.2, 0) is 0 Å². The van der Waals surface area contributed by atoms with Crippen molar-refractivity contribution in [1.29, 1.82) is 10.5 Å². The Morgan fingerprint density at radius 2 is 0.551 bits per heavy atom. The molecule has 0 aliphatic rings. The Balaban J connectivity index is 1.29. The maximum Gasteiger partial charge on any atom is 0.104 e. The maximum absolute atomic E-state index is 12.6. The number of benzene rings is 10. The molecule has 0 saturated carbocycles. The van der Waals surface area contributed by atoms with E-state index in [1.165, 1.54) is 10.1 Å². The zero-order valence-corrected chi connectivity index (χ0v) is 37.5. The van der Waals surface area contributed by atoms with Gasteiger partial charge in [-0.3, -0.25) is 0 Å². The highest BCUT2D eigenvalue weighted by Crippen LogP contribution is 2.50. The molecule has 0 aliphatic carbocycles. The molecular formula is C62H34N6S. The van der Waals surface area contributed by atoms with Crippen molar-refractivity contribution in [2.24, 2.45) is 0 Å². The maximum atomic E-state index is 12.6. The van der Waals surface area contributed by atoms with Crippen LogP contribution in [0.4, 0.5) is 0 Å². The summed E-state index contributed by atoms with van der Waals surface area (Å²) in [4.78, 5) is 0. The van der Waals surface area contributed by atoms with Gasteiger partial charge in [0.25, 0.3) is 0 Å². The van der Waals surface area contributed by atoms with Gasteiger partial charge in [0, 0.05) is 58.6 Å². The van der Waals surface area contributed by atoms with Crippen LogP contribution in [0.1, 0.15) is 11.1 Å². The van der Waals surface area contributed by atoms with Crippen LogP contribution in [0.5, 0.6) is 0 Å². The van der Waals surface area contributed by atoms with Crippen LogP contribution in [-0.4, -0.2) is 18.3 Å². The monoisotopic (exact) mass is 894 g/mol. The van der Waals surface area contributed by atoms with Gasteiger partial charge in [-0.25, -0.2) is 0 Å². The molecule has 0 amide bonds. The lowest BCUT2D eigenvalue weighted by Crippen LogP contribution is -2.16. The van der Waals surface area contributed by atoms with Gasteiger partial charge in [0.05, 0.1) is 71.6 Å². The highest BCUT2D eigenvalue weighted by atomic mass is 32.1. The van der Waals surface area contributed by atoms with Gasteiger partial charge in [-0.1, -0.05) is 158 Å². The molecule has 7 heteroatoms. The van der Waals surface area contributed by atoms with E-state index in [4.69, 9.17) is 0 Å². The average molecular weight is 895 g/mol. The number of para-hydroxylation sites is 7. The number of nitrogens with zero attached hydrogens (tertiary/aromatic N) is 6. The largest absolute Gasteiger partial charge is 0.306 e. The van der Waals surface area contributed by atoms with E-state index in [2.05, 4.69) is 237 Å². The van der Waals surface area contributed by atoms with E-state index in [1.54, 1.807) is 11.3 Å². The summed E-state index contributed by atoms with van der Waals surface area (Å²) in [6.07, 6.45) is 0. The van der Waals surface area contributed by atoms with Gasteiger partial charge in [0.2, 0.25) is 0 Å². The molecule has 6 nitrogen and oxygen atoms in total. The fourth-order valence-electron chi connectivity index (χ4n) is 11.7. The highest BCUT2D eigenvalue weighted by molar-refractivity contribution is 7.26. The quantitative estimate of drug-likeness (QED) is 0.177. The molecule has 10 aromatic carbocycles. The van der Waals surface area contributed by atoms with Crippen LogP contribution >= 0.6 is 11.3 Å². The number of fused-ring (bicyclic) bond motifs is 16. The van der Waals surface area contributed by atoms with Crippen molar-refractivity contribution in [1.82, 2.24) is 18.3 Å². The molecule has 0 radical (unpaired) electrons. The third-order valence-corrected chi connectivity index (χ3v) is 15.6. The van der Waals surface area contributed by atoms with Crippen molar-refractivity contribution in [2.75, 3.05) is 0 Å². The lowest BCUT2D eigenvalue weighted by molar-refractivity contribution is 1.03. The van der Waals surface area contributed by atoms with Crippen LogP contribution in [0.3, 0.4) is 0 Å². The first kappa shape index (κ1) is 37.8. The van der Waals surface area contributed by atoms with E-state index >= 15 is 0 Å². The smallest absolute Gasteiger partial charge is 0.104 e. The molecule has 0 fully saturated rings. The van der Waals surface area contributed by atoms with E-state index in [0.29, 0.717) is 33.9 Å². The summed E-state index contributed by atoms with van der Waals surface area (Å²) < 4.78 is 11.4. The second-order valence-corrected chi connectivity index (χ2v) is 18.8. The molecule has 0 spiro atoms. The zero-order chi connectivity index (χ0) is 45.5. The summed E-state index contributed by atoms with van der Waals surface area (Å²) in [7, 11) is 0. The Morgan fingerprint density at radius 1 is 0.275 bits per heavy atom. The van der Waals surface area contributed by atoms with Crippen molar-refractivity contribution in [3.05, 3.63) is 217 Å². The van der Waals surface area contributed by atoms with Gasteiger partial charge >= 0.3 is 0 Å². The number of hydrogen-bond donors (Lipinski definition) is 0. The normalized spacial score (nSPS) is 12.0. The second-order valence-electron chi connectivity index (χ2n) is 17.8. The summed E-state index contributed by atoms with van der Waals surface area (Å²) in [5.41, 5.74) is 11.0. The molecule has 15 rings (SSSR count). The van der Waals surface area contributed by atoms with Crippen LogP contribution in [0.15, 0.2) is 206 Å². The number of hydrogen-bond acceptors (Lipinski definition) is 3. The summed E-state index contributed by atoms with van der Waals surface area (Å²) >= 11 is 1.77. The van der Waals surface area contributed by atoms with Crippen molar-refractivity contribution in [2.45, 2.75) is 0 Å². The van der Waals surface area contributed by atoms with Crippen LogP contribution < -0.4 is 0 Å². The van der Waals surface area contributed by atoms with Gasteiger partial charge in [0.1, 0.15) is 23.3 Å². The molecule has 5 aromatic heterocycles. The van der Waals surface area contributed by atoms with Crippen molar-refractivity contribution >= 4 is 119 Å². The van der Waals surface area contributed by atoms with Crippen molar-refractivity contribution in [3.63, 3.8) is 0 Å². The Kier molecular flexibility index (Phi) is 7.70. The summed E-state index contributed by atoms with van der Waals surface area (Å²) in [6, 6.07) is 78.1. The predicted octanol–water partition coefficient (Wildman–Crippen LogP) is 16.2. The van der Waals surface area contributed by atoms with Gasteiger partial charge in [-0.2, -0.15) is 10.5 Å². The number of rotatable bonds is 4. The Labute approximate surface area is 397 Å². The lowest BCUT2D eigenvalue weighted by atomic mass is 9.98. The average Bonchev–Trinajstić information content (AvgIpc) is 4.21. The molecule has 318 valence electrons. The predicted molar refractivity (Wildman–Crippen MR) is 286 cm³/mol. The fraction of sp³-hybridized carbons (Fsp3) is 0. The Bertz CT molecular complexity index is 4660. The first-order chi connectivity index (χ1) is 34.2. The Morgan fingerprint density at radius 3 is 0.913 bits per heavy atom. The fourth-order valence-corrected chi connectivity index (χ4v) is 13.0. The van der Waals surface area contributed by atoms with Crippen LogP contribution in [0.25, 0.3) is 130 Å². The van der Waals surface area contributed by atoms with Crippen molar-refractivity contribution < 1.29 is 0 Å². The highest BCUT2D eigenvalue weighted by Gasteiger charge is 2.35. The SMILES string of the molecule is N#Cc1c(-n2c3ccccc3c3ccccc32)c(-n2c3ccccc3c3ccccc32)c(C#N)c(-n2c3ccccc3c3ccc4c5ccccc5sc4c32)c1-n1c2ccccc2c2ccccc21. The third kappa shape index (κ3) is 4.91. The molecule has 0 N–H and O–H groups in total. The van der Waals surface area contributed by atoms with E-state index < -0.39 is 0 Å². The molecular weight excluding hydrogens is 861 g/mol. The topological polar surface area (TPSA) is 67.3 Å². The molecule has 0 saturated heterocycles. The number of thiophene rings is 1. The minimum atomic E-state index is 0.438. The summed E-state index contributed by atoms with van der Waals surface area (Å²) in [6.45, 7) is 0. The van der Waals surface area contributed by atoms with Crippen molar-refractivity contribution in [3.8, 4) is 34.9 Å². The number of aromatic nitrogens is 4. The minimum absolute atomic E-state index is 0.438. The van der Waals surface area contributed by atoms with Gasteiger partial charge in [-0.15, -0.1) is 11.3 Å². The molecule has 0 atom stereocenters. The van der Waals surface area contributed by atoms with E-state index in [9.17, 15) is 10.5 Å². The first-order valence-electron chi connectivity index (χ1n) is 23.1. The molecule has 0 aliphatic heterocycles. The molecule has 15 aromatic rings. The molecule has 0 bridgehead atoms. The van der Waals surface area contributed by atoms with Gasteiger partial charge in [0.15, 0.2) is 0 Å². The first-order valence-corrected chi connectivity index (χ1v) is 23.9. The van der Waals surface area contributed by atoms with E-state index in [-0.39, 0.29) is 0 Å². The second kappa shape index (κ2) is 14.1. The standard InChI is InChI=1S/C62H34N6S/c63-35-47-57(65-49-25-9-1-17-37(49)38-18-2-10-26-50(38)65)58(66-51-27-11-3-19-39(51)40-20-4-12-28-52(40)66)48(36-64)60(59(47)67-53-29-13-5-21-41(53)42-22-6-14-30-54(42)67)68-55-31-15-7-23-43(55)45-33-34-46-44-24-8-16-32-56(44)69-62(46)61(45)68/h1-34H. The number of nitriles is 2. The lowest BCUT2D eigenvalue weighted by Gasteiger charge is -2.27. The molecule has 5 heterocycles. The Hall–Kier alpha value is -9.40. The molecule has 0 unspecified atom stereocenters. The zero-order valence-electron chi connectivity index (χ0n) is 36.7. The third-order valence-electron chi connectivity index (χ3n) is 14.4.